The van der Waals surface area contributed by atoms with Gasteiger partial charge in [0.05, 0.1) is 5.60 Å². The highest BCUT2D eigenvalue weighted by Crippen LogP contribution is 2.51. The first-order chi connectivity index (χ1) is 10.7. The number of nitrogens with zero attached hydrogens (tertiary/aromatic N) is 1. The molecular weight excluding hydrogens is 277 g/mol. The van der Waals surface area contributed by atoms with Gasteiger partial charge in [0.2, 0.25) is 0 Å². The van der Waals surface area contributed by atoms with Crippen LogP contribution in [0.15, 0.2) is 48.5 Å². The molecule has 3 heteroatoms. The molecule has 2 nitrogen and oxygen atoms in total. The number of hydrogen-bond donors (Lipinski definition) is 0. The minimum Gasteiger partial charge on any atom is -0.358 e. The lowest BCUT2D eigenvalue weighted by Crippen LogP contribution is -2.40. The second-order valence-corrected chi connectivity index (χ2v) is 6.44. The molecule has 0 unspecified atom stereocenters. The molecule has 0 amide bonds. The standard InChI is InChI=1S/C19H20FNO/c1-21-11-9-19(10-12-21)17-13-15(20)7-8-16(17)18(22-19)14-5-3-2-4-6-14/h2-8,13,18H,9-12H2,1H3/t18-/m1/s1. The van der Waals surface area contributed by atoms with Crippen LogP contribution in [-0.2, 0) is 10.3 Å². The summed E-state index contributed by atoms with van der Waals surface area (Å²) in [5.41, 5.74) is 2.99. The van der Waals surface area contributed by atoms with Crippen LogP contribution in [0.1, 0.15) is 35.6 Å². The van der Waals surface area contributed by atoms with Crippen LogP contribution in [0.4, 0.5) is 4.39 Å². The van der Waals surface area contributed by atoms with Gasteiger partial charge in [-0.1, -0.05) is 36.4 Å². The second-order valence-electron chi connectivity index (χ2n) is 6.44. The molecule has 4 rings (SSSR count). The molecular formula is C19H20FNO. The van der Waals surface area contributed by atoms with Crippen LogP contribution in [0.2, 0.25) is 0 Å². The van der Waals surface area contributed by atoms with Crippen LogP contribution in [0.3, 0.4) is 0 Å². The third-order valence-electron chi connectivity index (χ3n) is 5.03. The smallest absolute Gasteiger partial charge is 0.123 e. The summed E-state index contributed by atoms with van der Waals surface area (Å²) in [6, 6.07) is 15.4. The van der Waals surface area contributed by atoms with E-state index in [0.717, 1.165) is 42.6 Å². The molecule has 1 spiro atoms. The number of likely N-dealkylation sites (tertiary alicyclic amines) is 1. The lowest BCUT2D eigenvalue weighted by atomic mass is 9.83. The Morgan fingerprint density at radius 3 is 2.55 bits per heavy atom. The summed E-state index contributed by atoms with van der Waals surface area (Å²) in [5.74, 6) is -0.172. The van der Waals surface area contributed by atoms with Crippen LogP contribution in [0.25, 0.3) is 0 Å². The van der Waals surface area contributed by atoms with Crippen molar-refractivity contribution in [1.29, 1.82) is 0 Å². The predicted molar refractivity (Wildman–Crippen MR) is 84.2 cm³/mol. The fraction of sp³-hybridized carbons (Fsp3) is 0.368. The minimum absolute atomic E-state index is 0.0831. The largest absolute Gasteiger partial charge is 0.358 e. The van der Waals surface area contributed by atoms with E-state index in [1.54, 1.807) is 12.1 Å². The van der Waals surface area contributed by atoms with Gasteiger partial charge in [-0.25, -0.2) is 4.39 Å². The van der Waals surface area contributed by atoms with E-state index in [1.807, 2.05) is 24.3 Å². The number of hydrogen-bond acceptors (Lipinski definition) is 2. The number of rotatable bonds is 1. The van der Waals surface area contributed by atoms with Crippen LogP contribution in [-0.4, -0.2) is 25.0 Å². The Morgan fingerprint density at radius 1 is 1.09 bits per heavy atom. The molecule has 2 heterocycles. The summed E-state index contributed by atoms with van der Waals surface area (Å²) in [6.07, 6.45) is 1.76. The molecule has 22 heavy (non-hydrogen) atoms. The maximum absolute atomic E-state index is 13.8. The monoisotopic (exact) mass is 297 g/mol. The van der Waals surface area contributed by atoms with Crippen LogP contribution in [0.5, 0.6) is 0 Å². The lowest BCUT2D eigenvalue weighted by molar-refractivity contribution is -0.0941. The molecule has 0 aliphatic carbocycles. The van der Waals surface area contributed by atoms with E-state index in [2.05, 4.69) is 24.1 Å². The van der Waals surface area contributed by atoms with Crippen molar-refractivity contribution in [2.75, 3.05) is 20.1 Å². The van der Waals surface area contributed by atoms with Gasteiger partial charge in [-0.3, -0.25) is 0 Å². The van der Waals surface area contributed by atoms with Gasteiger partial charge in [0, 0.05) is 13.1 Å². The van der Waals surface area contributed by atoms with Gasteiger partial charge < -0.3 is 9.64 Å². The van der Waals surface area contributed by atoms with E-state index in [9.17, 15) is 4.39 Å². The van der Waals surface area contributed by atoms with Crippen molar-refractivity contribution >= 4 is 0 Å². The first-order valence-electron chi connectivity index (χ1n) is 7.89. The molecule has 2 aliphatic heterocycles. The maximum Gasteiger partial charge on any atom is 0.123 e. The number of benzene rings is 2. The highest BCUT2D eigenvalue weighted by atomic mass is 19.1. The van der Waals surface area contributed by atoms with E-state index in [4.69, 9.17) is 4.74 Å². The maximum atomic E-state index is 13.8. The van der Waals surface area contributed by atoms with E-state index < -0.39 is 0 Å². The molecule has 0 radical (unpaired) electrons. The fourth-order valence-corrected chi connectivity index (χ4v) is 3.75. The molecule has 2 aliphatic rings. The first-order valence-corrected chi connectivity index (χ1v) is 7.89. The third kappa shape index (κ3) is 2.16. The van der Waals surface area contributed by atoms with Crippen molar-refractivity contribution < 1.29 is 9.13 Å². The zero-order chi connectivity index (χ0) is 15.2. The Bertz CT molecular complexity index is 677. The Morgan fingerprint density at radius 2 is 1.82 bits per heavy atom. The first kappa shape index (κ1) is 13.9. The van der Waals surface area contributed by atoms with Gasteiger partial charge in [-0.05, 0) is 48.7 Å². The SMILES string of the molecule is CN1CCC2(CC1)O[C@H](c1ccccc1)c1ccc(F)cc12. The Hall–Kier alpha value is -1.71. The summed E-state index contributed by atoms with van der Waals surface area (Å²) < 4.78 is 20.4. The van der Waals surface area contributed by atoms with Gasteiger partial charge in [0.25, 0.3) is 0 Å². The fourth-order valence-electron chi connectivity index (χ4n) is 3.75. The molecule has 0 aromatic heterocycles. The van der Waals surface area contributed by atoms with Crippen molar-refractivity contribution in [3.05, 3.63) is 71.0 Å². The Balaban J connectivity index is 1.80. The molecule has 0 bridgehead atoms. The number of fused-ring (bicyclic) bond motifs is 2. The van der Waals surface area contributed by atoms with Crippen molar-refractivity contribution in [2.45, 2.75) is 24.5 Å². The number of ether oxygens (including phenoxy) is 1. The summed E-state index contributed by atoms with van der Waals surface area (Å²) >= 11 is 0. The molecule has 0 saturated carbocycles. The highest BCUT2D eigenvalue weighted by Gasteiger charge is 2.46. The zero-order valence-corrected chi connectivity index (χ0v) is 12.8. The van der Waals surface area contributed by atoms with E-state index in [-0.39, 0.29) is 17.5 Å². The average molecular weight is 297 g/mol. The topological polar surface area (TPSA) is 12.5 Å². The van der Waals surface area contributed by atoms with Crippen molar-refractivity contribution in [2.24, 2.45) is 0 Å². The minimum atomic E-state index is -0.329. The summed E-state index contributed by atoms with van der Waals surface area (Å²) in [7, 11) is 2.13. The Labute approximate surface area is 130 Å². The van der Waals surface area contributed by atoms with Gasteiger partial charge >= 0.3 is 0 Å². The van der Waals surface area contributed by atoms with Gasteiger partial charge in [-0.15, -0.1) is 0 Å². The summed E-state index contributed by atoms with van der Waals surface area (Å²) in [4.78, 5) is 2.31. The summed E-state index contributed by atoms with van der Waals surface area (Å²) in [5, 5.41) is 0. The molecule has 2 aromatic carbocycles. The number of halogens is 1. The number of piperidine rings is 1. The van der Waals surface area contributed by atoms with Gasteiger partial charge in [-0.2, -0.15) is 0 Å². The quantitative estimate of drug-likeness (QED) is 0.792. The van der Waals surface area contributed by atoms with E-state index in [1.165, 1.54) is 0 Å². The van der Waals surface area contributed by atoms with Crippen molar-refractivity contribution in [1.82, 2.24) is 4.90 Å². The second kappa shape index (κ2) is 5.18. The third-order valence-corrected chi connectivity index (χ3v) is 5.03. The highest BCUT2D eigenvalue weighted by molar-refractivity contribution is 5.44. The lowest BCUT2D eigenvalue weighted by Gasteiger charge is -2.38. The van der Waals surface area contributed by atoms with E-state index in [0.29, 0.717) is 0 Å². The zero-order valence-electron chi connectivity index (χ0n) is 12.8. The van der Waals surface area contributed by atoms with Crippen LogP contribution in [0, 0.1) is 5.82 Å². The Kier molecular flexibility index (Phi) is 3.28. The summed E-state index contributed by atoms with van der Waals surface area (Å²) in [6.45, 7) is 1.97. The predicted octanol–water partition coefficient (Wildman–Crippen LogP) is 3.87. The van der Waals surface area contributed by atoms with Gasteiger partial charge in [0.1, 0.15) is 11.9 Å². The van der Waals surface area contributed by atoms with Crippen LogP contribution >= 0.6 is 0 Å². The normalized spacial score (nSPS) is 23.6. The van der Waals surface area contributed by atoms with Crippen molar-refractivity contribution in [3.8, 4) is 0 Å². The van der Waals surface area contributed by atoms with Gasteiger partial charge in [0.15, 0.2) is 0 Å². The average Bonchev–Trinajstić information content (AvgIpc) is 2.85. The molecule has 114 valence electrons. The van der Waals surface area contributed by atoms with Crippen molar-refractivity contribution in [3.63, 3.8) is 0 Å². The molecule has 0 N–H and O–H groups in total. The molecule has 1 atom stereocenters. The molecule has 1 saturated heterocycles. The van der Waals surface area contributed by atoms with Crippen LogP contribution < -0.4 is 0 Å². The van der Waals surface area contributed by atoms with E-state index >= 15 is 0 Å². The molecule has 1 fully saturated rings. The molecule has 2 aromatic rings.